The van der Waals surface area contributed by atoms with Crippen LogP contribution in [0, 0.1) is 11.2 Å². The molecule has 3 rings (SSSR count). The summed E-state index contributed by atoms with van der Waals surface area (Å²) in [6.45, 7) is 1.59. The average Bonchev–Trinajstić information content (AvgIpc) is 3.12. The minimum atomic E-state index is -0.701. The predicted octanol–water partition coefficient (Wildman–Crippen LogP) is 1.52. The van der Waals surface area contributed by atoms with E-state index in [0.717, 1.165) is 0 Å². The Labute approximate surface area is 171 Å². The zero-order valence-electron chi connectivity index (χ0n) is 16.1. The Bertz CT molecular complexity index is 937. The highest BCUT2D eigenvalue weighted by molar-refractivity contribution is 5.94. The minimum Gasteiger partial charge on any atom is -0.460 e. The lowest BCUT2D eigenvalue weighted by atomic mass is 10.1. The molecule has 0 unspecified atom stereocenters. The van der Waals surface area contributed by atoms with Gasteiger partial charge in [0.25, 0.3) is 0 Å². The molecule has 30 heavy (non-hydrogen) atoms. The molecule has 1 aliphatic rings. The number of amides is 1. The number of ether oxygens (including phenoxy) is 2. The second-order valence-electron chi connectivity index (χ2n) is 6.46. The molecule has 1 aromatic carbocycles. The van der Waals surface area contributed by atoms with Gasteiger partial charge in [0.2, 0.25) is 5.95 Å². The van der Waals surface area contributed by atoms with E-state index in [1.54, 1.807) is 17.0 Å². The molecule has 1 aliphatic heterocycles. The Balaban J connectivity index is 1.59. The van der Waals surface area contributed by atoms with Crippen LogP contribution in [0.25, 0.3) is 11.1 Å². The van der Waals surface area contributed by atoms with Gasteiger partial charge in [-0.3, -0.25) is 10.2 Å². The van der Waals surface area contributed by atoms with E-state index in [4.69, 9.17) is 20.6 Å². The first-order valence-electron chi connectivity index (χ1n) is 9.18. The molecule has 0 bridgehead atoms. The molecule has 0 saturated carbocycles. The summed E-state index contributed by atoms with van der Waals surface area (Å²) in [4.78, 5) is 32.8. The molecule has 1 saturated heterocycles. The number of nitrogens with one attached hydrogen (secondary N) is 2. The molecule has 10 nitrogen and oxygen atoms in total. The van der Waals surface area contributed by atoms with E-state index < -0.39 is 11.8 Å². The van der Waals surface area contributed by atoms with Crippen LogP contribution < -0.4 is 11.1 Å². The third-order valence-electron chi connectivity index (χ3n) is 4.27. The summed E-state index contributed by atoms with van der Waals surface area (Å²) in [5, 5.41) is 10.1. The maximum atomic E-state index is 14.8. The van der Waals surface area contributed by atoms with Crippen LogP contribution in [0.2, 0.25) is 0 Å². The molecule has 4 N–H and O–H groups in total. The van der Waals surface area contributed by atoms with Gasteiger partial charge in [0.1, 0.15) is 31.3 Å². The first-order chi connectivity index (χ1) is 14.4. The number of benzene rings is 1. The summed E-state index contributed by atoms with van der Waals surface area (Å²) >= 11 is 0. The zero-order chi connectivity index (χ0) is 21.5. The predicted molar refractivity (Wildman–Crippen MR) is 105 cm³/mol. The highest BCUT2D eigenvalue weighted by Gasteiger charge is 2.21. The average molecular weight is 416 g/mol. The Morgan fingerprint density at radius 3 is 2.80 bits per heavy atom. The van der Waals surface area contributed by atoms with Gasteiger partial charge in [-0.2, -0.15) is 0 Å². The van der Waals surface area contributed by atoms with Crippen molar-refractivity contribution < 1.29 is 23.5 Å². The number of rotatable bonds is 9. The fraction of sp³-hybridized carbons (Fsp3) is 0.316. The smallest absolute Gasteiger partial charge is 0.409 e. The van der Waals surface area contributed by atoms with Crippen LogP contribution in [0.1, 0.15) is 12.0 Å². The van der Waals surface area contributed by atoms with Crippen molar-refractivity contribution >= 4 is 23.8 Å². The van der Waals surface area contributed by atoms with Crippen LogP contribution in [0.15, 0.2) is 30.6 Å². The minimum absolute atomic E-state index is 0.184. The lowest BCUT2D eigenvalue weighted by molar-refractivity contribution is -0.143. The first-order valence-corrected chi connectivity index (χ1v) is 9.18. The number of halogens is 1. The van der Waals surface area contributed by atoms with Crippen molar-refractivity contribution in [1.82, 2.24) is 14.9 Å². The molecule has 0 radical (unpaired) electrons. The van der Waals surface area contributed by atoms with E-state index in [-0.39, 0.29) is 36.1 Å². The highest BCUT2D eigenvalue weighted by atomic mass is 19.1. The number of hydrogen-bond donors (Lipinski definition) is 3. The monoisotopic (exact) mass is 416 g/mol. The van der Waals surface area contributed by atoms with Crippen LogP contribution >= 0.6 is 0 Å². The van der Waals surface area contributed by atoms with E-state index in [0.29, 0.717) is 37.8 Å². The third-order valence-corrected chi connectivity index (χ3v) is 4.27. The van der Waals surface area contributed by atoms with Gasteiger partial charge in [0.05, 0.1) is 6.54 Å². The van der Waals surface area contributed by atoms with E-state index in [1.807, 2.05) is 0 Å². The van der Waals surface area contributed by atoms with Crippen LogP contribution in [0.4, 0.5) is 15.1 Å². The first kappa shape index (κ1) is 21.0. The Hall–Kier alpha value is -3.76. The van der Waals surface area contributed by atoms with E-state index in [1.165, 1.54) is 18.5 Å². The molecule has 11 heteroatoms. The van der Waals surface area contributed by atoms with Crippen molar-refractivity contribution in [2.45, 2.75) is 13.0 Å². The maximum absolute atomic E-state index is 14.8. The number of esters is 1. The number of hydrogen-bond acceptors (Lipinski definition) is 8. The second kappa shape index (κ2) is 9.63. The van der Waals surface area contributed by atoms with E-state index >= 15 is 0 Å². The number of cyclic esters (lactones) is 1. The van der Waals surface area contributed by atoms with Crippen molar-refractivity contribution in [3.63, 3.8) is 0 Å². The molecule has 0 spiro atoms. The number of amidine groups is 1. The topological polar surface area (TPSA) is 144 Å². The van der Waals surface area contributed by atoms with Crippen molar-refractivity contribution in [3.05, 3.63) is 42.0 Å². The number of aromatic nitrogens is 2. The highest BCUT2D eigenvalue weighted by Crippen LogP contribution is 2.25. The third kappa shape index (κ3) is 5.40. The molecule has 1 amide bonds. The number of anilines is 1. The lowest BCUT2D eigenvalue weighted by Gasteiger charge is -2.13. The molecular formula is C19H21FN6O4. The fourth-order valence-corrected chi connectivity index (χ4v) is 2.77. The fourth-order valence-electron chi connectivity index (χ4n) is 2.77. The van der Waals surface area contributed by atoms with Crippen molar-refractivity contribution in [1.29, 1.82) is 5.41 Å². The SMILES string of the molecule is N=C(N)CC(=O)OCc1cccc(-c2cnc(NCCN3CCOC3=O)nc2)c1F. The second-order valence-corrected chi connectivity index (χ2v) is 6.46. The summed E-state index contributed by atoms with van der Waals surface area (Å²) in [7, 11) is 0. The summed E-state index contributed by atoms with van der Waals surface area (Å²) in [6, 6.07) is 4.70. The molecule has 2 heterocycles. The van der Waals surface area contributed by atoms with Gasteiger partial charge in [-0.15, -0.1) is 0 Å². The van der Waals surface area contributed by atoms with Gasteiger partial charge in [-0.1, -0.05) is 18.2 Å². The normalized spacial score (nSPS) is 13.1. The standard InChI is InChI=1S/C19H21FN6O4/c20-17-12(11-30-16(27)8-15(21)22)2-1-3-14(17)13-9-24-18(25-10-13)23-4-5-26-6-7-29-19(26)28/h1-3,9-10H,4-8,11H2,(H3,21,22)(H,23,24,25). The lowest BCUT2D eigenvalue weighted by Crippen LogP contribution is -2.30. The van der Waals surface area contributed by atoms with Crippen LogP contribution in [0.5, 0.6) is 0 Å². The summed E-state index contributed by atoms with van der Waals surface area (Å²) in [5.41, 5.74) is 6.05. The number of carbonyl (C=O) groups is 2. The van der Waals surface area contributed by atoms with Crippen LogP contribution in [0.3, 0.4) is 0 Å². The molecule has 0 aliphatic carbocycles. The van der Waals surface area contributed by atoms with Gasteiger partial charge in [0, 0.05) is 42.2 Å². The van der Waals surface area contributed by atoms with E-state index in [2.05, 4.69) is 15.3 Å². The van der Waals surface area contributed by atoms with Crippen molar-refractivity contribution in [3.8, 4) is 11.1 Å². The molecule has 0 atom stereocenters. The zero-order valence-corrected chi connectivity index (χ0v) is 16.1. The van der Waals surface area contributed by atoms with Crippen LogP contribution in [-0.4, -0.2) is 59.0 Å². The number of nitrogens with two attached hydrogens (primary N) is 1. The Morgan fingerprint density at radius 1 is 1.37 bits per heavy atom. The summed E-state index contributed by atoms with van der Waals surface area (Å²) in [6.07, 6.45) is 2.27. The molecule has 158 valence electrons. The van der Waals surface area contributed by atoms with Gasteiger partial charge in [-0.05, 0) is 0 Å². The summed E-state index contributed by atoms with van der Waals surface area (Å²) in [5.74, 6) is -1.22. The Morgan fingerprint density at radius 2 is 2.13 bits per heavy atom. The molecule has 2 aromatic rings. The maximum Gasteiger partial charge on any atom is 0.409 e. The van der Waals surface area contributed by atoms with E-state index in [9.17, 15) is 14.0 Å². The number of carbonyl (C=O) groups excluding carboxylic acids is 2. The van der Waals surface area contributed by atoms with Gasteiger partial charge in [0.15, 0.2) is 0 Å². The molecular weight excluding hydrogens is 395 g/mol. The molecule has 1 aromatic heterocycles. The van der Waals surface area contributed by atoms with Crippen molar-refractivity contribution in [2.24, 2.45) is 5.73 Å². The van der Waals surface area contributed by atoms with Gasteiger partial charge >= 0.3 is 12.1 Å². The van der Waals surface area contributed by atoms with Gasteiger partial charge in [-0.25, -0.2) is 19.2 Å². The van der Waals surface area contributed by atoms with Crippen molar-refractivity contribution in [2.75, 3.05) is 31.6 Å². The molecule has 1 fully saturated rings. The Kier molecular flexibility index (Phi) is 6.73. The quantitative estimate of drug-likeness (QED) is 0.317. The number of nitrogens with zero attached hydrogens (tertiary/aromatic N) is 3. The van der Waals surface area contributed by atoms with Gasteiger partial charge < -0.3 is 25.4 Å². The summed E-state index contributed by atoms with van der Waals surface area (Å²) < 4.78 is 24.6. The van der Waals surface area contributed by atoms with Crippen LogP contribution in [-0.2, 0) is 20.9 Å². The largest absolute Gasteiger partial charge is 0.460 e.